The Morgan fingerprint density at radius 2 is 1.79 bits per heavy atom. The number of hydrogen-bond acceptors (Lipinski definition) is 7. The van der Waals surface area contributed by atoms with Crippen LogP contribution in [-0.2, 0) is 27.2 Å². The Bertz CT molecular complexity index is 883. The number of aryl methyl sites for hydroxylation is 2. The summed E-state index contributed by atoms with van der Waals surface area (Å²) < 4.78 is 16.9. The molecule has 180 valence electrons. The van der Waals surface area contributed by atoms with Gasteiger partial charge in [0, 0.05) is 26.0 Å². The van der Waals surface area contributed by atoms with Crippen LogP contribution in [0.1, 0.15) is 30.4 Å². The van der Waals surface area contributed by atoms with Gasteiger partial charge in [-0.15, -0.1) is 0 Å². The van der Waals surface area contributed by atoms with Crippen LogP contribution in [0.15, 0.2) is 48.5 Å². The fraction of sp³-hybridized carbons (Fsp3) is 0.462. The molecular weight excluding hydrogens is 422 g/mol. The van der Waals surface area contributed by atoms with Crippen molar-refractivity contribution in [3.05, 3.63) is 59.7 Å². The van der Waals surface area contributed by atoms with Gasteiger partial charge in [-0.25, -0.2) is 0 Å². The van der Waals surface area contributed by atoms with Crippen molar-refractivity contribution in [1.29, 1.82) is 0 Å². The van der Waals surface area contributed by atoms with Crippen molar-refractivity contribution < 1.29 is 28.9 Å². The summed E-state index contributed by atoms with van der Waals surface area (Å²) in [5.41, 5.74) is 2.25. The molecule has 0 fully saturated rings. The van der Waals surface area contributed by atoms with E-state index in [2.05, 4.69) is 6.07 Å². The molecule has 2 aromatic carbocycles. The van der Waals surface area contributed by atoms with Crippen LogP contribution >= 0.6 is 0 Å². The number of hydrogen-bond donors (Lipinski definition) is 1. The summed E-state index contributed by atoms with van der Waals surface area (Å²) >= 11 is 0. The average molecular weight is 458 g/mol. The molecule has 7 heteroatoms. The molecule has 0 aliphatic carbocycles. The highest BCUT2D eigenvalue weighted by atomic mass is 16.6. The van der Waals surface area contributed by atoms with Gasteiger partial charge in [0.2, 0.25) is 0 Å². The van der Waals surface area contributed by atoms with E-state index >= 15 is 0 Å². The summed E-state index contributed by atoms with van der Waals surface area (Å²) in [5.74, 6) is 1.00. The molecule has 0 bridgehead atoms. The molecule has 0 spiro atoms. The molecule has 0 aliphatic rings. The number of ketones is 1. The molecule has 0 saturated carbocycles. The maximum absolute atomic E-state index is 12.2. The van der Waals surface area contributed by atoms with Crippen LogP contribution < -0.4 is 9.47 Å². The maximum Gasteiger partial charge on any atom is 0.306 e. The summed E-state index contributed by atoms with van der Waals surface area (Å²) in [6.45, 7) is 0.509. The van der Waals surface area contributed by atoms with Gasteiger partial charge in [-0.05, 0) is 56.3 Å². The van der Waals surface area contributed by atoms with E-state index in [1.165, 1.54) is 5.56 Å². The van der Waals surface area contributed by atoms with E-state index in [1.807, 2.05) is 61.5 Å². The minimum absolute atomic E-state index is 0.000112. The standard InChI is InChI=1S/C26H35NO6/c1-27(2)18-24(33-26(30)14-13-22(29)15-16-28)19-32-25-10-5-4-8-21(25)12-11-20-7-6-9-23(17-20)31-3/h4-10,17,24,28H,11-16,18-19H2,1-3H3/t24-/m0/s1. The number of para-hydroxylation sites is 1. The number of likely N-dealkylation sites (N-methyl/N-ethyl adjacent to an activating group) is 1. The Balaban J connectivity index is 1.95. The van der Waals surface area contributed by atoms with Crippen LogP contribution in [0.25, 0.3) is 0 Å². The number of benzene rings is 2. The van der Waals surface area contributed by atoms with Crippen LogP contribution in [0.5, 0.6) is 11.5 Å². The Labute approximate surface area is 196 Å². The van der Waals surface area contributed by atoms with Crippen molar-refractivity contribution in [1.82, 2.24) is 4.90 Å². The highest BCUT2D eigenvalue weighted by molar-refractivity contribution is 5.83. The third-order valence-corrected chi connectivity index (χ3v) is 5.08. The molecule has 2 aromatic rings. The predicted octanol–water partition coefficient (Wildman–Crippen LogP) is 3.06. The highest BCUT2D eigenvalue weighted by Crippen LogP contribution is 2.22. The molecule has 1 N–H and O–H groups in total. The van der Waals surface area contributed by atoms with Gasteiger partial charge in [-0.2, -0.15) is 0 Å². The van der Waals surface area contributed by atoms with Gasteiger partial charge in [0.05, 0.1) is 13.5 Å². The number of aliphatic hydroxyl groups excluding tert-OH is 1. The van der Waals surface area contributed by atoms with Crippen molar-refractivity contribution in [3.8, 4) is 11.5 Å². The zero-order valence-corrected chi connectivity index (χ0v) is 19.8. The number of carbonyl (C=O) groups excluding carboxylic acids is 2. The lowest BCUT2D eigenvalue weighted by Crippen LogP contribution is -2.35. The van der Waals surface area contributed by atoms with Gasteiger partial charge in [0.1, 0.15) is 30.0 Å². The molecule has 2 rings (SSSR count). The zero-order chi connectivity index (χ0) is 24.1. The quantitative estimate of drug-likeness (QED) is 0.412. The van der Waals surface area contributed by atoms with Crippen LogP contribution in [0.3, 0.4) is 0 Å². The van der Waals surface area contributed by atoms with Crippen molar-refractivity contribution in [3.63, 3.8) is 0 Å². The lowest BCUT2D eigenvalue weighted by molar-refractivity contribution is -0.152. The molecule has 0 heterocycles. The van der Waals surface area contributed by atoms with Gasteiger partial charge in [-0.1, -0.05) is 30.3 Å². The summed E-state index contributed by atoms with van der Waals surface area (Å²) in [4.78, 5) is 25.7. The second-order valence-electron chi connectivity index (χ2n) is 8.16. The van der Waals surface area contributed by atoms with Crippen molar-refractivity contribution in [2.45, 2.75) is 38.2 Å². The maximum atomic E-state index is 12.2. The lowest BCUT2D eigenvalue weighted by Gasteiger charge is -2.22. The largest absolute Gasteiger partial charge is 0.497 e. The monoisotopic (exact) mass is 457 g/mol. The van der Waals surface area contributed by atoms with Crippen molar-refractivity contribution in [2.24, 2.45) is 0 Å². The van der Waals surface area contributed by atoms with Gasteiger partial charge in [-0.3, -0.25) is 9.59 Å². The van der Waals surface area contributed by atoms with Crippen molar-refractivity contribution >= 4 is 11.8 Å². The van der Waals surface area contributed by atoms with Crippen molar-refractivity contribution in [2.75, 3.05) is 41.0 Å². The number of esters is 1. The Morgan fingerprint density at radius 3 is 2.52 bits per heavy atom. The second kappa shape index (κ2) is 14.3. The van der Waals surface area contributed by atoms with Gasteiger partial charge in [0.15, 0.2) is 0 Å². The molecule has 33 heavy (non-hydrogen) atoms. The van der Waals surface area contributed by atoms with Crippen LogP contribution in [-0.4, -0.2) is 68.8 Å². The fourth-order valence-corrected chi connectivity index (χ4v) is 3.41. The zero-order valence-electron chi connectivity index (χ0n) is 19.8. The molecule has 0 saturated heterocycles. The number of carbonyl (C=O) groups is 2. The van der Waals surface area contributed by atoms with Crippen LogP contribution in [0.4, 0.5) is 0 Å². The number of rotatable bonds is 15. The lowest BCUT2D eigenvalue weighted by atomic mass is 10.0. The number of methoxy groups -OCH3 is 1. The SMILES string of the molecule is COc1cccc(CCc2ccccc2OC[C@H](CN(C)C)OC(=O)CCC(=O)CCO)c1. The number of ether oxygens (including phenoxy) is 3. The number of Topliss-reactive ketones (excluding diaryl/α,β-unsaturated/α-hetero) is 1. The van der Waals surface area contributed by atoms with E-state index in [-0.39, 0.29) is 38.3 Å². The molecule has 0 aromatic heterocycles. The first-order valence-corrected chi connectivity index (χ1v) is 11.2. The molecule has 0 unspecified atom stereocenters. The first-order chi connectivity index (χ1) is 15.9. The van der Waals surface area contributed by atoms with Gasteiger partial charge in [0.25, 0.3) is 0 Å². The van der Waals surface area contributed by atoms with Gasteiger partial charge >= 0.3 is 5.97 Å². The first kappa shape index (κ1) is 26.4. The van der Waals surface area contributed by atoms with E-state index in [1.54, 1.807) is 7.11 Å². The van der Waals surface area contributed by atoms with Gasteiger partial charge < -0.3 is 24.2 Å². The van der Waals surface area contributed by atoms with E-state index in [0.29, 0.717) is 6.54 Å². The Hall–Kier alpha value is -2.90. The molecule has 0 radical (unpaired) electrons. The Kier molecular flexibility index (Phi) is 11.4. The topological polar surface area (TPSA) is 85.3 Å². The minimum atomic E-state index is -0.466. The first-order valence-electron chi connectivity index (χ1n) is 11.2. The smallest absolute Gasteiger partial charge is 0.306 e. The van der Waals surface area contributed by atoms with E-state index in [4.69, 9.17) is 19.3 Å². The molecule has 0 aliphatic heterocycles. The summed E-state index contributed by atoms with van der Waals surface area (Å²) in [7, 11) is 5.45. The molecular formula is C26H35NO6. The molecule has 7 nitrogen and oxygen atoms in total. The minimum Gasteiger partial charge on any atom is -0.497 e. The molecule has 1 atom stereocenters. The summed E-state index contributed by atoms with van der Waals surface area (Å²) in [5, 5.41) is 8.81. The second-order valence-corrected chi connectivity index (χ2v) is 8.16. The normalized spacial score (nSPS) is 11.8. The fourth-order valence-electron chi connectivity index (χ4n) is 3.41. The van der Waals surface area contributed by atoms with E-state index in [9.17, 15) is 9.59 Å². The van der Waals surface area contributed by atoms with Crippen LogP contribution in [0.2, 0.25) is 0 Å². The summed E-state index contributed by atoms with van der Waals surface area (Å²) in [6, 6.07) is 15.9. The van der Waals surface area contributed by atoms with E-state index in [0.717, 1.165) is 29.9 Å². The number of aliphatic hydroxyl groups is 1. The third-order valence-electron chi connectivity index (χ3n) is 5.08. The average Bonchev–Trinajstić information content (AvgIpc) is 2.80. The van der Waals surface area contributed by atoms with E-state index < -0.39 is 12.1 Å². The summed E-state index contributed by atoms with van der Waals surface area (Å²) in [6.07, 6.45) is 1.31. The molecule has 0 amide bonds. The Morgan fingerprint density at radius 1 is 1.00 bits per heavy atom. The number of nitrogens with zero attached hydrogens (tertiary/aromatic N) is 1. The predicted molar refractivity (Wildman–Crippen MR) is 127 cm³/mol. The van der Waals surface area contributed by atoms with Crippen LogP contribution in [0, 0.1) is 0 Å². The highest BCUT2D eigenvalue weighted by Gasteiger charge is 2.18. The third kappa shape index (κ3) is 10.1.